The van der Waals surface area contributed by atoms with E-state index in [0.29, 0.717) is 31.7 Å². The molecule has 0 aliphatic carbocycles. The number of hydrogen-bond acceptors (Lipinski definition) is 5. The van der Waals surface area contributed by atoms with Gasteiger partial charge in [-0.1, -0.05) is 0 Å². The van der Waals surface area contributed by atoms with Gasteiger partial charge in [0, 0.05) is 31.7 Å². The van der Waals surface area contributed by atoms with E-state index in [1.54, 1.807) is 15.9 Å². The summed E-state index contributed by atoms with van der Waals surface area (Å²) >= 11 is 0. The molecule has 1 aromatic heterocycles. The predicted molar refractivity (Wildman–Crippen MR) is 96.8 cm³/mol. The highest BCUT2D eigenvalue weighted by molar-refractivity contribution is 5.96. The summed E-state index contributed by atoms with van der Waals surface area (Å²) in [5.41, 5.74) is 7.81. The molecule has 1 aromatic carbocycles. The van der Waals surface area contributed by atoms with Gasteiger partial charge in [0.15, 0.2) is 0 Å². The van der Waals surface area contributed by atoms with Crippen molar-refractivity contribution in [1.82, 2.24) is 25.0 Å². The zero-order chi connectivity index (χ0) is 18.5. The molecule has 1 saturated heterocycles. The van der Waals surface area contributed by atoms with Crippen LogP contribution in [0.3, 0.4) is 0 Å². The first-order valence-corrected chi connectivity index (χ1v) is 8.83. The SMILES string of the molecule is Cc1cc(-n2cncn2)ccc1C(=O)N1CCCC(C(=O)NCCN)C1. The Morgan fingerprint density at radius 3 is 2.92 bits per heavy atom. The molecule has 3 N–H and O–H groups in total. The molecule has 1 aliphatic rings. The van der Waals surface area contributed by atoms with E-state index in [-0.39, 0.29) is 17.7 Å². The topological polar surface area (TPSA) is 106 Å². The minimum absolute atomic E-state index is 0.0220. The van der Waals surface area contributed by atoms with E-state index >= 15 is 0 Å². The van der Waals surface area contributed by atoms with Crippen LogP contribution in [0.5, 0.6) is 0 Å². The number of nitrogens with zero attached hydrogens (tertiary/aromatic N) is 4. The summed E-state index contributed by atoms with van der Waals surface area (Å²) in [6.45, 7) is 3.90. The summed E-state index contributed by atoms with van der Waals surface area (Å²) in [5.74, 6) is -0.232. The summed E-state index contributed by atoms with van der Waals surface area (Å²) < 4.78 is 1.65. The number of nitrogens with one attached hydrogen (secondary N) is 1. The second kappa shape index (κ2) is 8.09. The average Bonchev–Trinajstić information content (AvgIpc) is 3.20. The van der Waals surface area contributed by atoms with Crippen molar-refractivity contribution < 1.29 is 9.59 Å². The van der Waals surface area contributed by atoms with Crippen LogP contribution in [-0.4, -0.2) is 57.7 Å². The highest BCUT2D eigenvalue weighted by Crippen LogP contribution is 2.21. The molecule has 26 heavy (non-hydrogen) atoms. The molecule has 3 rings (SSSR count). The summed E-state index contributed by atoms with van der Waals surface area (Å²) in [7, 11) is 0. The van der Waals surface area contributed by atoms with Crippen LogP contribution in [0.1, 0.15) is 28.8 Å². The molecule has 138 valence electrons. The van der Waals surface area contributed by atoms with Crippen molar-refractivity contribution >= 4 is 11.8 Å². The van der Waals surface area contributed by atoms with Crippen LogP contribution >= 0.6 is 0 Å². The number of benzene rings is 1. The first-order valence-electron chi connectivity index (χ1n) is 8.83. The van der Waals surface area contributed by atoms with Gasteiger partial charge in [-0.2, -0.15) is 5.10 Å². The fraction of sp³-hybridized carbons (Fsp3) is 0.444. The van der Waals surface area contributed by atoms with Gasteiger partial charge in [0.25, 0.3) is 5.91 Å². The number of carbonyl (C=O) groups excluding carboxylic acids is 2. The molecule has 1 aliphatic heterocycles. The molecule has 2 amide bonds. The number of likely N-dealkylation sites (tertiary alicyclic amines) is 1. The van der Waals surface area contributed by atoms with Gasteiger partial charge in [0.2, 0.25) is 5.91 Å². The fourth-order valence-corrected chi connectivity index (χ4v) is 3.26. The highest BCUT2D eigenvalue weighted by Gasteiger charge is 2.29. The molecule has 1 fully saturated rings. The maximum absolute atomic E-state index is 12.9. The van der Waals surface area contributed by atoms with Gasteiger partial charge in [-0.15, -0.1) is 0 Å². The van der Waals surface area contributed by atoms with Crippen molar-refractivity contribution in [1.29, 1.82) is 0 Å². The molecule has 8 heteroatoms. The van der Waals surface area contributed by atoms with Gasteiger partial charge in [-0.25, -0.2) is 9.67 Å². The molecule has 0 spiro atoms. The Hall–Kier alpha value is -2.74. The lowest BCUT2D eigenvalue weighted by molar-refractivity contribution is -0.126. The lowest BCUT2D eigenvalue weighted by Crippen LogP contribution is -2.46. The van der Waals surface area contributed by atoms with Crippen LogP contribution in [0.25, 0.3) is 5.69 Å². The second-order valence-corrected chi connectivity index (χ2v) is 6.51. The molecule has 0 bridgehead atoms. The standard InChI is InChI=1S/C18H24N6O2/c1-13-9-15(24-12-20-11-22-24)4-5-16(13)18(26)23-8-2-3-14(10-23)17(25)21-7-6-19/h4-5,9,11-12,14H,2-3,6-8,10,19H2,1H3,(H,21,25). The van der Waals surface area contributed by atoms with Crippen molar-refractivity contribution in [3.8, 4) is 5.69 Å². The number of aromatic nitrogens is 3. The van der Waals surface area contributed by atoms with E-state index < -0.39 is 0 Å². The van der Waals surface area contributed by atoms with Crippen LogP contribution in [0, 0.1) is 12.8 Å². The molecule has 1 atom stereocenters. The Morgan fingerprint density at radius 1 is 1.38 bits per heavy atom. The predicted octanol–water partition coefficient (Wildman–Crippen LogP) is 0.503. The zero-order valence-electron chi connectivity index (χ0n) is 14.9. The summed E-state index contributed by atoms with van der Waals surface area (Å²) in [6, 6.07) is 5.58. The van der Waals surface area contributed by atoms with Crippen LogP contribution < -0.4 is 11.1 Å². The number of carbonyl (C=O) groups is 2. The maximum Gasteiger partial charge on any atom is 0.254 e. The van der Waals surface area contributed by atoms with Crippen LogP contribution in [0.15, 0.2) is 30.9 Å². The Kier molecular flexibility index (Phi) is 5.62. The fourth-order valence-electron chi connectivity index (χ4n) is 3.26. The molecular formula is C18H24N6O2. The first-order chi connectivity index (χ1) is 12.6. The number of piperidine rings is 1. The summed E-state index contributed by atoms with van der Waals surface area (Å²) in [5, 5.41) is 6.92. The largest absolute Gasteiger partial charge is 0.355 e. The second-order valence-electron chi connectivity index (χ2n) is 6.51. The first kappa shape index (κ1) is 18.1. The quantitative estimate of drug-likeness (QED) is 0.812. The molecule has 8 nitrogen and oxygen atoms in total. The van der Waals surface area contributed by atoms with E-state index in [9.17, 15) is 9.59 Å². The van der Waals surface area contributed by atoms with E-state index in [1.165, 1.54) is 6.33 Å². The Balaban J connectivity index is 1.71. The van der Waals surface area contributed by atoms with Crippen molar-refractivity contribution in [3.05, 3.63) is 42.0 Å². The maximum atomic E-state index is 12.9. The van der Waals surface area contributed by atoms with Crippen molar-refractivity contribution in [2.45, 2.75) is 19.8 Å². The number of hydrogen-bond donors (Lipinski definition) is 2. The molecule has 1 unspecified atom stereocenters. The van der Waals surface area contributed by atoms with Gasteiger partial charge >= 0.3 is 0 Å². The highest BCUT2D eigenvalue weighted by atomic mass is 16.2. The molecular weight excluding hydrogens is 332 g/mol. The Labute approximate surface area is 152 Å². The van der Waals surface area contributed by atoms with Crippen LogP contribution in [0.4, 0.5) is 0 Å². The van der Waals surface area contributed by atoms with Crippen LogP contribution in [-0.2, 0) is 4.79 Å². The van der Waals surface area contributed by atoms with E-state index in [2.05, 4.69) is 15.4 Å². The third kappa shape index (κ3) is 3.91. The van der Waals surface area contributed by atoms with Crippen molar-refractivity contribution in [2.75, 3.05) is 26.2 Å². The summed E-state index contributed by atoms with van der Waals surface area (Å²) in [4.78, 5) is 30.8. The molecule has 2 aromatic rings. The lowest BCUT2D eigenvalue weighted by atomic mass is 9.96. The number of rotatable bonds is 5. The third-order valence-corrected chi connectivity index (χ3v) is 4.65. The lowest BCUT2D eigenvalue weighted by Gasteiger charge is -2.32. The zero-order valence-corrected chi connectivity index (χ0v) is 14.9. The van der Waals surface area contributed by atoms with Gasteiger partial charge < -0.3 is 16.0 Å². The minimum Gasteiger partial charge on any atom is -0.355 e. The summed E-state index contributed by atoms with van der Waals surface area (Å²) in [6.07, 6.45) is 4.70. The smallest absolute Gasteiger partial charge is 0.254 e. The third-order valence-electron chi connectivity index (χ3n) is 4.65. The average molecular weight is 356 g/mol. The van der Waals surface area contributed by atoms with Gasteiger partial charge in [0.1, 0.15) is 12.7 Å². The van der Waals surface area contributed by atoms with E-state index in [1.807, 2.05) is 25.1 Å². The molecule has 0 saturated carbocycles. The van der Waals surface area contributed by atoms with Gasteiger partial charge in [-0.3, -0.25) is 9.59 Å². The monoisotopic (exact) mass is 356 g/mol. The number of nitrogens with two attached hydrogens (primary N) is 1. The number of aryl methyl sites for hydroxylation is 1. The van der Waals surface area contributed by atoms with E-state index in [4.69, 9.17) is 5.73 Å². The Morgan fingerprint density at radius 2 is 2.23 bits per heavy atom. The van der Waals surface area contributed by atoms with Crippen LogP contribution in [0.2, 0.25) is 0 Å². The minimum atomic E-state index is -0.172. The van der Waals surface area contributed by atoms with Gasteiger partial charge in [-0.05, 0) is 43.5 Å². The van der Waals surface area contributed by atoms with Gasteiger partial charge in [0.05, 0.1) is 11.6 Å². The number of amides is 2. The Bertz CT molecular complexity index is 774. The van der Waals surface area contributed by atoms with E-state index in [0.717, 1.165) is 24.1 Å². The normalized spacial score (nSPS) is 17.2. The molecule has 0 radical (unpaired) electrons. The van der Waals surface area contributed by atoms with Crippen molar-refractivity contribution in [3.63, 3.8) is 0 Å². The molecule has 2 heterocycles. The van der Waals surface area contributed by atoms with Crippen molar-refractivity contribution in [2.24, 2.45) is 11.7 Å².